The second-order valence-corrected chi connectivity index (χ2v) is 5.10. The molecule has 1 saturated carbocycles. The minimum atomic E-state index is -0.0157. The molecule has 0 unspecified atom stereocenters. The van der Waals surface area contributed by atoms with Crippen LogP contribution in [-0.2, 0) is 6.54 Å². The molecule has 1 fully saturated rings. The van der Waals surface area contributed by atoms with Crippen LogP contribution in [0.15, 0.2) is 6.20 Å². The Kier molecular flexibility index (Phi) is 2.55. The second kappa shape index (κ2) is 3.53. The van der Waals surface area contributed by atoms with Gasteiger partial charge >= 0.3 is 0 Å². The fourth-order valence-corrected chi connectivity index (χ4v) is 2.07. The molecule has 2 N–H and O–H groups in total. The summed E-state index contributed by atoms with van der Waals surface area (Å²) in [6.45, 7) is 0.921. The number of aliphatic hydroxyl groups excluding tert-OH is 1. The summed E-state index contributed by atoms with van der Waals surface area (Å²) in [6.07, 6.45) is 3.77. The molecule has 1 aliphatic rings. The molecule has 0 saturated heterocycles. The standard InChI is InChI=1S/C8H11ClN2OS/c9-6-3-10-7(13-6)4-11-8(5-12)1-2-8/h3,11-12H,1-2,4-5H2. The van der Waals surface area contributed by atoms with Crippen molar-refractivity contribution >= 4 is 22.9 Å². The molecule has 0 aliphatic heterocycles. The Bertz CT molecular complexity index is 298. The molecule has 0 atom stereocenters. The number of hydrogen-bond acceptors (Lipinski definition) is 4. The Labute approximate surface area is 85.8 Å². The van der Waals surface area contributed by atoms with Crippen LogP contribution < -0.4 is 5.32 Å². The molecule has 0 spiro atoms. The first-order valence-electron chi connectivity index (χ1n) is 4.20. The maximum Gasteiger partial charge on any atom is 0.113 e. The molecule has 0 bridgehead atoms. The molecule has 1 heterocycles. The summed E-state index contributed by atoms with van der Waals surface area (Å²) >= 11 is 7.22. The maximum atomic E-state index is 9.03. The van der Waals surface area contributed by atoms with Crippen molar-refractivity contribution in [2.45, 2.75) is 24.9 Å². The van der Waals surface area contributed by atoms with Gasteiger partial charge in [0.2, 0.25) is 0 Å². The first kappa shape index (κ1) is 9.40. The zero-order valence-electron chi connectivity index (χ0n) is 7.09. The summed E-state index contributed by atoms with van der Waals surface area (Å²) in [5.74, 6) is 0. The number of nitrogens with one attached hydrogen (secondary N) is 1. The molecule has 5 heteroatoms. The Balaban J connectivity index is 1.86. The van der Waals surface area contributed by atoms with E-state index < -0.39 is 0 Å². The first-order valence-corrected chi connectivity index (χ1v) is 5.40. The molecule has 13 heavy (non-hydrogen) atoms. The Hall–Kier alpha value is -0.160. The van der Waals surface area contributed by atoms with Gasteiger partial charge in [-0.1, -0.05) is 11.6 Å². The Morgan fingerprint density at radius 2 is 2.46 bits per heavy atom. The van der Waals surface area contributed by atoms with Crippen molar-refractivity contribution in [2.75, 3.05) is 6.61 Å². The number of nitrogens with zero attached hydrogens (tertiary/aromatic N) is 1. The molecule has 1 aliphatic carbocycles. The molecule has 0 aromatic carbocycles. The van der Waals surface area contributed by atoms with Crippen LogP contribution in [0.5, 0.6) is 0 Å². The molecule has 3 nitrogen and oxygen atoms in total. The average molecular weight is 219 g/mol. The van der Waals surface area contributed by atoms with Crippen molar-refractivity contribution in [1.82, 2.24) is 10.3 Å². The minimum Gasteiger partial charge on any atom is -0.394 e. The van der Waals surface area contributed by atoms with Crippen LogP contribution >= 0.6 is 22.9 Å². The lowest BCUT2D eigenvalue weighted by Crippen LogP contribution is -2.34. The van der Waals surface area contributed by atoms with E-state index in [1.54, 1.807) is 6.20 Å². The van der Waals surface area contributed by atoms with Crippen molar-refractivity contribution in [3.8, 4) is 0 Å². The molecule has 72 valence electrons. The van der Waals surface area contributed by atoms with Crippen molar-refractivity contribution in [3.05, 3.63) is 15.5 Å². The highest BCUT2D eigenvalue weighted by Gasteiger charge is 2.41. The molecule has 1 aromatic heterocycles. The van der Waals surface area contributed by atoms with E-state index in [9.17, 15) is 0 Å². The van der Waals surface area contributed by atoms with Crippen molar-refractivity contribution in [3.63, 3.8) is 0 Å². The number of thiazole rings is 1. The van der Waals surface area contributed by atoms with Crippen LogP contribution in [0.25, 0.3) is 0 Å². The van der Waals surface area contributed by atoms with Gasteiger partial charge in [-0.25, -0.2) is 4.98 Å². The van der Waals surface area contributed by atoms with E-state index in [2.05, 4.69) is 10.3 Å². The smallest absolute Gasteiger partial charge is 0.113 e. The summed E-state index contributed by atoms with van der Waals surface area (Å²) in [4.78, 5) is 4.12. The third kappa shape index (κ3) is 2.20. The van der Waals surface area contributed by atoms with E-state index in [4.69, 9.17) is 16.7 Å². The van der Waals surface area contributed by atoms with E-state index in [1.807, 2.05) is 0 Å². The summed E-state index contributed by atoms with van der Waals surface area (Å²) in [6, 6.07) is 0. The van der Waals surface area contributed by atoms with E-state index >= 15 is 0 Å². The summed E-state index contributed by atoms with van der Waals surface area (Å²) in [5, 5.41) is 13.3. The molecule has 0 amide bonds. The molecule has 2 rings (SSSR count). The van der Waals surface area contributed by atoms with Crippen LogP contribution in [0, 0.1) is 0 Å². The van der Waals surface area contributed by atoms with Gasteiger partial charge in [0.15, 0.2) is 0 Å². The van der Waals surface area contributed by atoms with E-state index in [0.29, 0.717) is 10.9 Å². The normalized spacial score (nSPS) is 18.9. The molecular formula is C8H11ClN2OS. The van der Waals surface area contributed by atoms with Gasteiger partial charge in [-0.2, -0.15) is 0 Å². The average Bonchev–Trinajstić information content (AvgIpc) is 2.81. The highest BCUT2D eigenvalue weighted by molar-refractivity contribution is 7.15. The third-order valence-corrected chi connectivity index (χ3v) is 3.41. The Morgan fingerprint density at radius 3 is 2.92 bits per heavy atom. The largest absolute Gasteiger partial charge is 0.394 e. The number of halogens is 1. The summed E-state index contributed by atoms with van der Waals surface area (Å²) in [5.41, 5.74) is -0.0157. The van der Waals surface area contributed by atoms with Gasteiger partial charge in [-0.05, 0) is 12.8 Å². The van der Waals surface area contributed by atoms with Crippen LogP contribution in [0.4, 0.5) is 0 Å². The number of aromatic nitrogens is 1. The minimum absolute atomic E-state index is 0.0157. The van der Waals surface area contributed by atoms with Crippen molar-refractivity contribution in [1.29, 1.82) is 0 Å². The monoisotopic (exact) mass is 218 g/mol. The topological polar surface area (TPSA) is 45.1 Å². The van der Waals surface area contributed by atoms with Gasteiger partial charge in [0.1, 0.15) is 9.34 Å². The zero-order chi connectivity index (χ0) is 9.31. The van der Waals surface area contributed by atoms with Crippen molar-refractivity contribution in [2.24, 2.45) is 0 Å². The quantitative estimate of drug-likeness (QED) is 0.804. The van der Waals surface area contributed by atoms with Gasteiger partial charge < -0.3 is 10.4 Å². The summed E-state index contributed by atoms with van der Waals surface area (Å²) < 4.78 is 0.714. The predicted octanol–water partition coefficient (Wildman–Crippen LogP) is 1.41. The number of aliphatic hydroxyl groups is 1. The second-order valence-electron chi connectivity index (χ2n) is 3.35. The van der Waals surface area contributed by atoms with E-state index in [1.165, 1.54) is 11.3 Å². The van der Waals surface area contributed by atoms with Crippen LogP contribution in [0.3, 0.4) is 0 Å². The van der Waals surface area contributed by atoms with Gasteiger partial charge in [-0.15, -0.1) is 11.3 Å². The lowest BCUT2D eigenvalue weighted by atomic mass is 10.3. The predicted molar refractivity (Wildman–Crippen MR) is 53.0 cm³/mol. The lowest BCUT2D eigenvalue weighted by molar-refractivity contribution is 0.229. The zero-order valence-corrected chi connectivity index (χ0v) is 8.66. The van der Waals surface area contributed by atoms with Gasteiger partial charge in [0.05, 0.1) is 12.8 Å². The van der Waals surface area contributed by atoms with Crippen LogP contribution in [-0.4, -0.2) is 22.2 Å². The number of hydrogen-bond donors (Lipinski definition) is 2. The molecule has 1 aromatic rings. The highest BCUT2D eigenvalue weighted by atomic mass is 35.5. The SMILES string of the molecule is OCC1(NCc2ncc(Cl)s2)CC1. The van der Waals surface area contributed by atoms with Gasteiger partial charge in [0.25, 0.3) is 0 Å². The summed E-state index contributed by atoms with van der Waals surface area (Å²) in [7, 11) is 0. The highest BCUT2D eigenvalue weighted by Crippen LogP contribution is 2.35. The van der Waals surface area contributed by atoms with E-state index in [0.717, 1.165) is 17.8 Å². The third-order valence-electron chi connectivity index (χ3n) is 2.30. The fraction of sp³-hybridized carbons (Fsp3) is 0.625. The van der Waals surface area contributed by atoms with Crippen molar-refractivity contribution < 1.29 is 5.11 Å². The lowest BCUT2D eigenvalue weighted by Gasteiger charge is -2.11. The fourth-order valence-electron chi connectivity index (χ4n) is 1.17. The molecular weight excluding hydrogens is 208 g/mol. The maximum absolute atomic E-state index is 9.03. The van der Waals surface area contributed by atoms with E-state index in [-0.39, 0.29) is 12.1 Å². The molecule has 0 radical (unpaired) electrons. The van der Waals surface area contributed by atoms with Crippen LogP contribution in [0.1, 0.15) is 17.8 Å². The van der Waals surface area contributed by atoms with Crippen LogP contribution in [0.2, 0.25) is 4.34 Å². The first-order chi connectivity index (χ1) is 6.24. The Morgan fingerprint density at radius 1 is 1.69 bits per heavy atom. The van der Waals surface area contributed by atoms with Gasteiger partial charge in [-0.3, -0.25) is 0 Å². The van der Waals surface area contributed by atoms with Gasteiger partial charge in [0, 0.05) is 12.1 Å². The number of rotatable bonds is 4.